The van der Waals surface area contributed by atoms with Gasteiger partial charge in [0.1, 0.15) is 0 Å². The number of carbonyl (C=O) groups excluding carboxylic acids is 1. The molecule has 0 aliphatic rings. The fraction of sp³-hybridized carbons (Fsp3) is 0.143. The first kappa shape index (κ1) is 23.6. The molecule has 0 fully saturated rings. The van der Waals surface area contributed by atoms with Gasteiger partial charge in [-0.25, -0.2) is 9.36 Å². The molecule has 0 unspecified atom stereocenters. The van der Waals surface area contributed by atoms with Crippen molar-refractivity contribution in [2.24, 2.45) is 0 Å². The highest BCUT2D eigenvalue weighted by Crippen LogP contribution is 2.37. The number of aromatic hydroxyl groups is 1. The summed E-state index contributed by atoms with van der Waals surface area (Å²) in [5, 5.41) is 10.1. The van der Waals surface area contributed by atoms with E-state index in [1.165, 1.54) is 24.9 Å². The van der Waals surface area contributed by atoms with Gasteiger partial charge in [-0.2, -0.15) is 0 Å². The van der Waals surface area contributed by atoms with E-state index in [0.29, 0.717) is 16.9 Å². The Balaban J connectivity index is 1.82. The molecule has 7 nitrogen and oxygen atoms in total. The van der Waals surface area contributed by atoms with Gasteiger partial charge in [0.25, 0.3) is 5.91 Å². The number of ether oxygens (including phenoxy) is 2. The van der Waals surface area contributed by atoms with Gasteiger partial charge in [-0.3, -0.25) is 9.36 Å². The molecule has 0 saturated carbocycles. The Morgan fingerprint density at radius 1 is 0.914 bits per heavy atom. The molecule has 4 rings (SSSR count). The number of phenols is 1. The van der Waals surface area contributed by atoms with Gasteiger partial charge >= 0.3 is 5.69 Å². The van der Waals surface area contributed by atoms with Gasteiger partial charge in [0, 0.05) is 17.8 Å². The predicted molar refractivity (Wildman–Crippen MR) is 136 cm³/mol. The Labute approximate surface area is 203 Å². The lowest BCUT2D eigenvalue weighted by atomic mass is 10.0. The lowest BCUT2D eigenvalue weighted by Gasteiger charge is -2.09. The van der Waals surface area contributed by atoms with Crippen LogP contribution in [-0.2, 0) is 0 Å². The molecule has 4 aromatic rings. The Morgan fingerprint density at radius 3 is 2.17 bits per heavy atom. The minimum atomic E-state index is -0.510. The van der Waals surface area contributed by atoms with E-state index < -0.39 is 11.6 Å². The van der Waals surface area contributed by atoms with Gasteiger partial charge < -0.3 is 14.6 Å². The van der Waals surface area contributed by atoms with Crippen LogP contribution in [0.1, 0.15) is 21.5 Å². The van der Waals surface area contributed by atoms with Crippen molar-refractivity contribution in [1.29, 1.82) is 0 Å². The summed E-state index contributed by atoms with van der Waals surface area (Å²) in [6.07, 6.45) is 4.54. The van der Waals surface area contributed by atoms with Gasteiger partial charge in [0.05, 0.1) is 25.6 Å². The fourth-order valence-electron chi connectivity index (χ4n) is 3.79. The van der Waals surface area contributed by atoms with E-state index in [-0.39, 0.29) is 17.2 Å². The van der Waals surface area contributed by atoms with E-state index in [0.717, 1.165) is 21.3 Å². The van der Waals surface area contributed by atoms with Crippen molar-refractivity contribution in [1.82, 2.24) is 9.13 Å². The van der Waals surface area contributed by atoms with E-state index in [1.807, 2.05) is 62.4 Å². The van der Waals surface area contributed by atoms with Crippen LogP contribution >= 0.6 is 0 Å². The van der Waals surface area contributed by atoms with Crippen molar-refractivity contribution < 1.29 is 19.4 Å². The standard InChI is InChI=1S/C28H26N2O5/c1-18-10-12-21(14-19(18)2)23-17-29(22-8-6-5-7-9-22)28(33)30(23)26(31)13-11-20-15-24(34-3)27(32)25(16-20)35-4/h5-17,32H,1-4H3. The number of phenolic OH excluding ortho intramolecular Hbond substituents is 1. The fourth-order valence-corrected chi connectivity index (χ4v) is 3.79. The van der Waals surface area contributed by atoms with Crippen LogP contribution < -0.4 is 15.2 Å². The molecule has 0 spiro atoms. The average Bonchev–Trinajstić information content (AvgIpc) is 3.22. The molecule has 0 bridgehead atoms. The Bertz CT molecular complexity index is 1450. The van der Waals surface area contributed by atoms with Gasteiger partial charge in [-0.15, -0.1) is 0 Å². The number of aromatic nitrogens is 2. The monoisotopic (exact) mass is 470 g/mol. The van der Waals surface area contributed by atoms with Gasteiger partial charge in [0.15, 0.2) is 11.5 Å². The zero-order chi connectivity index (χ0) is 25.1. The third-order valence-electron chi connectivity index (χ3n) is 5.87. The minimum absolute atomic E-state index is 0.133. The number of imidazole rings is 1. The van der Waals surface area contributed by atoms with Crippen LogP contribution in [0.25, 0.3) is 23.0 Å². The van der Waals surface area contributed by atoms with Gasteiger partial charge in [0.2, 0.25) is 5.75 Å². The van der Waals surface area contributed by atoms with Crippen LogP contribution in [0, 0.1) is 13.8 Å². The van der Waals surface area contributed by atoms with Crippen LogP contribution in [0.3, 0.4) is 0 Å². The van der Waals surface area contributed by atoms with E-state index in [9.17, 15) is 14.7 Å². The normalized spacial score (nSPS) is 11.1. The molecule has 1 aromatic heterocycles. The summed E-state index contributed by atoms with van der Waals surface area (Å²) in [4.78, 5) is 26.8. The predicted octanol–water partition coefficient (Wildman–Crippen LogP) is 5.00. The highest BCUT2D eigenvalue weighted by atomic mass is 16.5. The van der Waals surface area contributed by atoms with Crippen molar-refractivity contribution in [2.45, 2.75) is 13.8 Å². The molecule has 3 aromatic carbocycles. The zero-order valence-corrected chi connectivity index (χ0v) is 20.0. The highest BCUT2D eigenvalue weighted by Gasteiger charge is 2.19. The second-order valence-corrected chi connectivity index (χ2v) is 8.08. The molecule has 0 aliphatic carbocycles. The minimum Gasteiger partial charge on any atom is -0.502 e. The number of benzene rings is 3. The van der Waals surface area contributed by atoms with Crippen molar-refractivity contribution >= 4 is 12.0 Å². The maximum absolute atomic E-state index is 13.4. The summed E-state index contributed by atoms with van der Waals surface area (Å²) in [5.74, 6) is -0.227. The number of allylic oxidation sites excluding steroid dienone is 1. The summed E-state index contributed by atoms with van der Waals surface area (Å²) in [5.41, 5.74) is 4.16. The number of hydrogen-bond donors (Lipinski definition) is 1. The van der Waals surface area contributed by atoms with E-state index in [1.54, 1.807) is 24.4 Å². The molecule has 0 amide bonds. The van der Waals surface area contributed by atoms with Gasteiger partial charge in [-0.05, 0) is 66.9 Å². The summed E-state index contributed by atoms with van der Waals surface area (Å²) >= 11 is 0. The van der Waals surface area contributed by atoms with E-state index in [2.05, 4.69) is 0 Å². The van der Waals surface area contributed by atoms with Gasteiger partial charge in [-0.1, -0.05) is 30.3 Å². The average molecular weight is 471 g/mol. The quantitative estimate of drug-likeness (QED) is 0.401. The maximum Gasteiger partial charge on any atom is 0.340 e. The summed E-state index contributed by atoms with van der Waals surface area (Å²) < 4.78 is 13.0. The molecule has 0 atom stereocenters. The zero-order valence-electron chi connectivity index (χ0n) is 20.0. The number of hydrogen-bond acceptors (Lipinski definition) is 5. The lowest BCUT2D eigenvalue weighted by Crippen LogP contribution is -2.27. The van der Waals surface area contributed by atoms with Crippen LogP contribution in [0.4, 0.5) is 0 Å². The Hall–Kier alpha value is -4.52. The molecule has 0 saturated heterocycles. The van der Waals surface area contributed by atoms with Crippen molar-refractivity contribution in [3.63, 3.8) is 0 Å². The van der Waals surface area contributed by atoms with Crippen LogP contribution in [0.2, 0.25) is 0 Å². The number of methoxy groups -OCH3 is 2. The molecule has 1 heterocycles. The summed E-state index contributed by atoms with van der Waals surface area (Å²) in [6, 6.07) is 18.1. The van der Waals surface area contributed by atoms with E-state index >= 15 is 0 Å². The van der Waals surface area contributed by atoms with Crippen LogP contribution in [-0.4, -0.2) is 34.4 Å². The largest absolute Gasteiger partial charge is 0.502 e. The summed E-state index contributed by atoms with van der Waals surface area (Å²) in [6.45, 7) is 4.00. The molecule has 7 heteroatoms. The molecular weight excluding hydrogens is 444 g/mol. The highest BCUT2D eigenvalue weighted by molar-refractivity contribution is 5.96. The van der Waals surface area contributed by atoms with Crippen molar-refractivity contribution in [3.05, 3.63) is 100 Å². The molecule has 0 aliphatic heterocycles. The topological polar surface area (TPSA) is 82.7 Å². The maximum atomic E-state index is 13.4. The summed E-state index contributed by atoms with van der Waals surface area (Å²) in [7, 11) is 2.85. The number of rotatable bonds is 6. The Kier molecular flexibility index (Phi) is 6.59. The number of carbonyl (C=O) groups is 1. The number of aryl methyl sites for hydroxylation is 2. The third-order valence-corrected chi connectivity index (χ3v) is 5.87. The third kappa shape index (κ3) is 4.61. The molecule has 35 heavy (non-hydrogen) atoms. The second kappa shape index (κ2) is 9.77. The molecular formula is C28H26N2O5. The molecule has 1 N–H and O–H groups in total. The lowest BCUT2D eigenvalue weighted by molar-refractivity contribution is 0.0967. The molecule has 0 radical (unpaired) electrons. The number of para-hydroxylation sites is 1. The SMILES string of the molecule is COc1cc(C=CC(=O)n2c(-c3ccc(C)c(C)c3)cn(-c3ccccc3)c2=O)cc(OC)c1O. The smallest absolute Gasteiger partial charge is 0.340 e. The van der Waals surface area contributed by atoms with Crippen molar-refractivity contribution in [2.75, 3.05) is 14.2 Å². The Morgan fingerprint density at radius 2 is 1.57 bits per heavy atom. The first-order valence-electron chi connectivity index (χ1n) is 11.0. The van der Waals surface area contributed by atoms with Crippen molar-refractivity contribution in [3.8, 4) is 34.2 Å². The first-order valence-corrected chi connectivity index (χ1v) is 11.0. The number of nitrogens with zero attached hydrogens (tertiary/aromatic N) is 2. The van der Waals surface area contributed by atoms with E-state index in [4.69, 9.17) is 9.47 Å². The molecule has 178 valence electrons. The van der Waals surface area contributed by atoms with Crippen LogP contribution in [0.5, 0.6) is 17.2 Å². The second-order valence-electron chi connectivity index (χ2n) is 8.08. The van der Waals surface area contributed by atoms with Crippen LogP contribution in [0.15, 0.2) is 77.7 Å². The first-order chi connectivity index (χ1) is 16.8.